The molecule has 0 radical (unpaired) electrons. The zero-order valence-electron chi connectivity index (χ0n) is 10.7. The van der Waals surface area contributed by atoms with Gasteiger partial charge >= 0.3 is 0 Å². The zero-order chi connectivity index (χ0) is 11.9. The van der Waals surface area contributed by atoms with Crippen molar-refractivity contribution in [1.82, 2.24) is 4.90 Å². The number of hydrogen-bond acceptors (Lipinski definition) is 2. The van der Waals surface area contributed by atoms with Gasteiger partial charge in [0, 0.05) is 13.5 Å². The molecule has 0 heterocycles. The van der Waals surface area contributed by atoms with Crippen LogP contribution in [0.1, 0.15) is 52.9 Å². The van der Waals surface area contributed by atoms with Gasteiger partial charge in [-0.15, -0.1) is 0 Å². The first-order valence-corrected chi connectivity index (χ1v) is 5.81. The van der Waals surface area contributed by atoms with Crippen molar-refractivity contribution in [2.45, 2.75) is 52.9 Å². The fraction of sp³-hybridized carbons (Fsp3) is 0.917. The number of rotatable bonds is 6. The van der Waals surface area contributed by atoms with Gasteiger partial charge in [0.1, 0.15) is 0 Å². The predicted molar refractivity (Wildman–Crippen MR) is 64.4 cm³/mol. The lowest BCUT2D eigenvalue weighted by molar-refractivity contribution is -0.129. The van der Waals surface area contributed by atoms with Crippen molar-refractivity contribution in [3.8, 4) is 0 Å². The monoisotopic (exact) mass is 214 g/mol. The Bertz CT molecular complexity index is 185. The highest BCUT2D eigenvalue weighted by molar-refractivity contribution is 5.75. The minimum Gasteiger partial charge on any atom is -0.333 e. The van der Waals surface area contributed by atoms with E-state index in [0.717, 1.165) is 12.8 Å². The van der Waals surface area contributed by atoms with Crippen molar-refractivity contribution in [3.05, 3.63) is 0 Å². The fourth-order valence-corrected chi connectivity index (χ4v) is 1.40. The molecule has 0 saturated carbocycles. The Balaban J connectivity index is 3.43. The molecule has 3 heteroatoms. The van der Waals surface area contributed by atoms with Gasteiger partial charge in [0.05, 0.1) is 6.67 Å². The molecule has 0 aromatic heterocycles. The summed E-state index contributed by atoms with van der Waals surface area (Å²) in [5, 5.41) is 0. The normalized spacial score (nSPS) is 11.5. The Morgan fingerprint density at radius 1 is 1.20 bits per heavy atom. The minimum atomic E-state index is 0.160. The summed E-state index contributed by atoms with van der Waals surface area (Å²) in [5.74, 6) is 0.160. The van der Waals surface area contributed by atoms with Crippen molar-refractivity contribution in [2.75, 3.05) is 13.7 Å². The fourth-order valence-electron chi connectivity index (χ4n) is 1.40. The van der Waals surface area contributed by atoms with Crippen LogP contribution in [0.3, 0.4) is 0 Å². The number of nitrogens with zero attached hydrogens (tertiary/aromatic N) is 1. The van der Waals surface area contributed by atoms with E-state index in [9.17, 15) is 4.79 Å². The molecule has 0 spiro atoms. The van der Waals surface area contributed by atoms with E-state index in [0.29, 0.717) is 18.5 Å². The van der Waals surface area contributed by atoms with Crippen molar-refractivity contribution < 1.29 is 4.79 Å². The molecule has 3 nitrogen and oxygen atoms in total. The zero-order valence-corrected chi connectivity index (χ0v) is 10.7. The smallest absolute Gasteiger partial charge is 0.223 e. The second-order valence-corrected chi connectivity index (χ2v) is 5.40. The number of carbonyl (C=O) groups excluding carboxylic acids is 1. The second kappa shape index (κ2) is 6.83. The molecule has 0 rings (SSSR count). The summed E-state index contributed by atoms with van der Waals surface area (Å²) in [6, 6.07) is 0. The maximum absolute atomic E-state index is 11.4. The average Bonchev–Trinajstić information content (AvgIpc) is 2.14. The van der Waals surface area contributed by atoms with E-state index in [1.54, 1.807) is 11.9 Å². The van der Waals surface area contributed by atoms with Gasteiger partial charge in [-0.3, -0.25) is 4.79 Å². The van der Waals surface area contributed by atoms with Crippen LogP contribution in [0, 0.1) is 5.41 Å². The van der Waals surface area contributed by atoms with E-state index in [1.165, 1.54) is 12.8 Å². The minimum absolute atomic E-state index is 0.160. The summed E-state index contributed by atoms with van der Waals surface area (Å²) in [5.41, 5.74) is 5.78. The summed E-state index contributed by atoms with van der Waals surface area (Å²) >= 11 is 0. The van der Waals surface area contributed by atoms with E-state index >= 15 is 0 Å². The van der Waals surface area contributed by atoms with Gasteiger partial charge in [0.25, 0.3) is 0 Å². The molecule has 0 aromatic rings. The molecule has 0 aliphatic heterocycles. The molecule has 0 saturated heterocycles. The molecule has 0 bridgehead atoms. The van der Waals surface area contributed by atoms with Gasteiger partial charge in [-0.1, -0.05) is 33.6 Å². The number of carbonyl (C=O) groups is 1. The topological polar surface area (TPSA) is 46.3 Å². The lowest BCUT2D eigenvalue weighted by atomic mass is 9.89. The van der Waals surface area contributed by atoms with Gasteiger partial charge in [0.2, 0.25) is 5.91 Å². The van der Waals surface area contributed by atoms with Crippen molar-refractivity contribution >= 4 is 5.91 Å². The van der Waals surface area contributed by atoms with Gasteiger partial charge < -0.3 is 10.6 Å². The Kier molecular flexibility index (Phi) is 6.57. The SMILES string of the molecule is CN(CN)C(=O)CCCCCC(C)(C)C. The molecular weight excluding hydrogens is 188 g/mol. The van der Waals surface area contributed by atoms with Crippen molar-refractivity contribution in [2.24, 2.45) is 11.1 Å². The Morgan fingerprint density at radius 2 is 1.80 bits per heavy atom. The van der Waals surface area contributed by atoms with Gasteiger partial charge in [-0.2, -0.15) is 0 Å². The Morgan fingerprint density at radius 3 is 2.27 bits per heavy atom. The third-order valence-corrected chi connectivity index (χ3v) is 2.52. The van der Waals surface area contributed by atoms with E-state index in [1.807, 2.05) is 0 Å². The summed E-state index contributed by atoms with van der Waals surface area (Å²) < 4.78 is 0. The number of unbranched alkanes of at least 4 members (excludes halogenated alkanes) is 2. The molecule has 0 fully saturated rings. The van der Waals surface area contributed by atoms with Crippen molar-refractivity contribution in [3.63, 3.8) is 0 Å². The molecule has 0 atom stereocenters. The first-order valence-electron chi connectivity index (χ1n) is 5.81. The van der Waals surface area contributed by atoms with Crippen LogP contribution in [0.5, 0.6) is 0 Å². The third kappa shape index (κ3) is 8.43. The van der Waals surface area contributed by atoms with Crippen LogP contribution in [0.15, 0.2) is 0 Å². The maximum Gasteiger partial charge on any atom is 0.223 e. The lowest BCUT2D eigenvalue weighted by Crippen LogP contribution is -2.31. The van der Waals surface area contributed by atoms with Crippen LogP contribution in [0.2, 0.25) is 0 Å². The highest BCUT2D eigenvalue weighted by Gasteiger charge is 2.10. The molecular formula is C12H26N2O. The number of hydrogen-bond donors (Lipinski definition) is 1. The summed E-state index contributed by atoms with van der Waals surface area (Å²) in [6.07, 6.45) is 5.20. The standard InChI is InChI=1S/C12H26N2O/c1-12(2,3)9-7-5-6-8-11(15)14(4)10-13/h5-10,13H2,1-4H3. The van der Waals surface area contributed by atoms with Gasteiger partial charge in [0.15, 0.2) is 0 Å². The first kappa shape index (κ1) is 14.4. The van der Waals surface area contributed by atoms with Gasteiger partial charge in [-0.25, -0.2) is 0 Å². The quantitative estimate of drug-likeness (QED) is 0.545. The number of amides is 1. The lowest BCUT2D eigenvalue weighted by Gasteiger charge is -2.18. The third-order valence-electron chi connectivity index (χ3n) is 2.52. The van der Waals surface area contributed by atoms with Crippen LogP contribution in [-0.4, -0.2) is 24.5 Å². The first-order chi connectivity index (χ1) is 6.87. The van der Waals surface area contributed by atoms with Crippen LogP contribution >= 0.6 is 0 Å². The van der Waals surface area contributed by atoms with Crippen LogP contribution < -0.4 is 5.73 Å². The molecule has 0 aliphatic carbocycles. The van der Waals surface area contributed by atoms with E-state index < -0.39 is 0 Å². The van der Waals surface area contributed by atoms with Gasteiger partial charge in [-0.05, 0) is 18.3 Å². The largest absolute Gasteiger partial charge is 0.333 e. The second-order valence-electron chi connectivity index (χ2n) is 5.40. The molecule has 2 N–H and O–H groups in total. The molecule has 15 heavy (non-hydrogen) atoms. The highest BCUT2D eigenvalue weighted by Crippen LogP contribution is 2.22. The van der Waals surface area contributed by atoms with Crippen LogP contribution in [-0.2, 0) is 4.79 Å². The summed E-state index contributed by atoms with van der Waals surface area (Å²) in [6.45, 7) is 7.07. The molecule has 90 valence electrons. The Labute approximate surface area is 94.0 Å². The van der Waals surface area contributed by atoms with Crippen LogP contribution in [0.4, 0.5) is 0 Å². The van der Waals surface area contributed by atoms with E-state index in [-0.39, 0.29) is 5.91 Å². The number of nitrogens with two attached hydrogens (primary N) is 1. The molecule has 0 aliphatic rings. The molecule has 0 aromatic carbocycles. The Hall–Kier alpha value is -0.570. The van der Waals surface area contributed by atoms with Crippen molar-refractivity contribution in [1.29, 1.82) is 0 Å². The molecule has 0 unspecified atom stereocenters. The predicted octanol–water partition coefficient (Wildman–Crippen LogP) is 2.36. The average molecular weight is 214 g/mol. The van der Waals surface area contributed by atoms with E-state index in [2.05, 4.69) is 20.8 Å². The maximum atomic E-state index is 11.4. The highest BCUT2D eigenvalue weighted by atomic mass is 16.2. The van der Waals surface area contributed by atoms with E-state index in [4.69, 9.17) is 5.73 Å². The summed E-state index contributed by atoms with van der Waals surface area (Å²) in [4.78, 5) is 13.0. The summed E-state index contributed by atoms with van der Waals surface area (Å²) in [7, 11) is 1.75. The molecule has 1 amide bonds. The van der Waals surface area contributed by atoms with Crippen LogP contribution in [0.25, 0.3) is 0 Å².